The van der Waals surface area contributed by atoms with Crippen LogP contribution in [0.2, 0.25) is 0 Å². The van der Waals surface area contributed by atoms with Crippen molar-refractivity contribution in [2.45, 2.75) is 34.1 Å². The minimum atomic E-state index is -0.938. The molecule has 1 heterocycles. The highest BCUT2D eigenvalue weighted by molar-refractivity contribution is 5.94. The summed E-state index contributed by atoms with van der Waals surface area (Å²) < 4.78 is 0. The van der Waals surface area contributed by atoms with Crippen molar-refractivity contribution in [1.82, 2.24) is 4.98 Å². The largest absolute Gasteiger partial charge is 0.478 e. The number of rotatable bonds is 5. The Balaban J connectivity index is 2.92. The number of pyridine rings is 1. The van der Waals surface area contributed by atoms with Gasteiger partial charge in [-0.15, -0.1) is 0 Å². The molecule has 0 aliphatic heterocycles. The Morgan fingerprint density at radius 2 is 2.18 bits per heavy atom. The molecule has 2 N–H and O–H groups in total. The van der Waals surface area contributed by atoms with E-state index in [9.17, 15) is 4.79 Å². The summed E-state index contributed by atoms with van der Waals surface area (Å²) in [6, 6.07) is 1.71. The third-order valence-corrected chi connectivity index (χ3v) is 3.06. The van der Waals surface area contributed by atoms with Gasteiger partial charge in [-0.05, 0) is 30.4 Å². The molecule has 0 aliphatic rings. The number of carbonyl (C=O) groups is 1. The number of nitrogens with zero attached hydrogens (tertiary/aromatic N) is 1. The summed E-state index contributed by atoms with van der Waals surface area (Å²) in [5, 5.41) is 12.3. The molecule has 4 heteroatoms. The normalized spacial score (nSPS) is 11.3. The summed E-state index contributed by atoms with van der Waals surface area (Å²) in [7, 11) is 0. The summed E-state index contributed by atoms with van der Waals surface area (Å²) in [5.41, 5.74) is 1.12. The Kier molecular flexibility index (Phi) is 4.10. The molecule has 17 heavy (non-hydrogen) atoms. The molecule has 0 amide bonds. The van der Waals surface area contributed by atoms with E-state index in [1.54, 1.807) is 19.2 Å². The van der Waals surface area contributed by atoms with Crippen LogP contribution in [0.1, 0.15) is 43.1 Å². The van der Waals surface area contributed by atoms with Crippen molar-refractivity contribution >= 4 is 11.8 Å². The van der Waals surface area contributed by atoms with Gasteiger partial charge in [-0.3, -0.25) is 0 Å². The zero-order valence-electron chi connectivity index (χ0n) is 10.9. The van der Waals surface area contributed by atoms with Crippen LogP contribution in [0.3, 0.4) is 0 Å². The van der Waals surface area contributed by atoms with Crippen LogP contribution in [0.4, 0.5) is 5.82 Å². The first kappa shape index (κ1) is 13.5. The van der Waals surface area contributed by atoms with Crippen molar-refractivity contribution in [3.05, 3.63) is 23.4 Å². The summed E-state index contributed by atoms with van der Waals surface area (Å²) in [5.74, 6) is -0.480. The van der Waals surface area contributed by atoms with Crippen molar-refractivity contribution in [2.75, 3.05) is 11.9 Å². The Bertz CT molecular complexity index is 414. The first-order chi connectivity index (χ1) is 7.87. The standard InChI is InChI=1S/C13H20N2O2/c1-5-13(3,4)8-15-11-10(12(16)17)9(2)6-7-14-11/h6-7H,5,8H2,1-4H3,(H,14,15)(H,16,17). The molecule has 94 valence electrons. The topological polar surface area (TPSA) is 62.2 Å². The monoisotopic (exact) mass is 236 g/mol. The van der Waals surface area contributed by atoms with Gasteiger partial charge in [0, 0.05) is 12.7 Å². The fourth-order valence-corrected chi connectivity index (χ4v) is 1.41. The highest BCUT2D eigenvalue weighted by Gasteiger charge is 2.18. The Hall–Kier alpha value is -1.58. The second-order valence-electron chi connectivity index (χ2n) is 5.03. The molecule has 0 saturated carbocycles. The summed E-state index contributed by atoms with van der Waals surface area (Å²) in [4.78, 5) is 15.3. The van der Waals surface area contributed by atoms with E-state index in [2.05, 4.69) is 31.1 Å². The summed E-state index contributed by atoms with van der Waals surface area (Å²) >= 11 is 0. The Morgan fingerprint density at radius 3 is 2.71 bits per heavy atom. The SMILES string of the molecule is CCC(C)(C)CNc1nccc(C)c1C(=O)O. The van der Waals surface area contributed by atoms with Crippen LogP contribution < -0.4 is 5.32 Å². The molecule has 0 saturated heterocycles. The van der Waals surface area contributed by atoms with E-state index in [4.69, 9.17) is 5.11 Å². The van der Waals surface area contributed by atoms with E-state index >= 15 is 0 Å². The number of hydrogen-bond acceptors (Lipinski definition) is 3. The third-order valence-electron chi connectivity index (χ3n) is 3.06. The molecule has 1 rings (SSSR count). The van der Waals surface area contributed by atoms with Crippen molar-refractivity contribution in [1.29, 1.82) is 0 Å². The van der Waals surface area contributed by atoms with Gasteiger partial charge >= 0.3 is 5.97 Å². The zero-order chi connectivity index (χ0) is 13.1. The highest BCUT2D eigenvalue weighted by Crippen LogP contribution is 2.22. The van der Waals surface area contributed by atoms with E-state index in [0.29, 0.717) is 12.4 Å². The molecule has 0 aliphatic carbocycles. The third kappa shape index (κ3) is 3.44. The number of aromatic carboxylic acids is 1. The van der Waals surface area contributed by atoms with Gasteiger partial charge in [0.1, 0.15) is 11.4 Å². The number of hydrogen-bond donors (Lipinski definition) is 2. The molecular formula is C13H20N2O2. The lowest BCUT2D eigenvalue weighted by molar-refractivity contribution is 0.0696. The van der Waals surface area contributed by atoms with E-state index < -0.39 is 5.97 Å². The van der Waals surface area contributed by atoms with Gasteiger partial charge in [-0.25, -0.2) is 9.78 Å². The number of carboxylic acid groups (broad SMARTS) is 1. The van der Waals surface area contributed by atoms with Gasteiger partial charge in [0.05, 0.1) is 0 Å². The van der Waals surface area contributed by atoms with Crippen LogP contribution in [0.25, 0.3) is 0 Å². The van der Waals surface area contributed by atoms with Crippen LogP contribution in [0.5, 0.6) is 0 Å². The smallest absolute Gasteiger partial charge is 0.339 e. The molecular weight excluding hydrogens is 216 g/mol. The fourth-order valence-electron chi connectivity index (χ4n) is 1.41. The molecule has 0 radical (unpaired) electrons. The van der Waals surface area contributed by atoms with E-state index in [0.717, 1.165) is 12.0 Å². The average molecular weight is 236 g/mol. The summed E-state index contributed by atoms with van der Waals surface area (Å²) in [6.45, 7) is 8.87. The number of aryl methyl sites for hydroxylation is 1. The second kappa shape index (κ2) is 5.17. The van der Waals surface area contributed by atoms with Crippen LogP contribution in [-0.2, 0) is 0 Å². The van der Waals surface area contributed by atoms with Crippen molar-refractivity contribution in [3.63, 3.8) is 0 Å². The first-order valence-electron chi connectivity index (χ1n) is 5.80. The lowest BCUT2D eigenvalue weighted by Gasteiger charge is -2.23. The lowest BCUT2D eigenvalue weighted by Crippen LogP contribution is -2.23. The van der Waals surface area contributed by atoms with E-state index in [1.165, 1.54) is 0 Å². The number of anilines is 1. The van der Waals surface area contributed by atoms with Crippen LogP contribution >= 0.6 is 0 Å². The molecule has 0 fully saturated rings. The van der Waals surface area contributed by atoms with Gasteiger partial charge in [0.25, 0.3) is 0 Å². The quantitative estimate of drug-likeness (QED) is 0.825. The fraction of sp³-hybridized carbons (Fsp3) is 0.538. The van der Waals surface area contributed by atoms with Gasteiger partial charge in [-0.1, -0.05) is 20.8 Å². The lowest BCUT2D eigenvalue weighted by atomic mass is 9.90. The maximum absolute atomic E-state index is 11.2. The molecule has 4 nitrogen and oxygen atoms in total. The van der Waals surface area contributed by atoms with Crippen molar-refractivity contribution < 1.29 is 9.90 Å². The predicted molar refractivity (Wildman–Crippen MR) is 68.5 cm³/mol. The Morgan fingerprint density at radius 1 is 1.53 bits per heavy atom. The molecule has 0 bridgehead atoms. The number of carboxylic acids is 1. The van der Waals surface area contributed by atoms with Gasteiger partial charge in [0.2, 0.25) is 0 Å². The minimum Gasteiger partial charge on any atom is -0.478 e. The summed E-state index contributed by atoms with van der Waals surface area (Å²) in [6.07, 6.45) is 2.65. The van der Waals surface area contributed by atoms with Crippen LogP contribution in [-0.4, -0.2) is 22.6 Å². The van der Waals surface area contributed by atoms with Crippen molar-refractivity contribution in [3.8, 4) is 0 Å². The highest BCUT2D eigenvalue weighted by atomic mass is 16.4. The number of aromatic nitrogens is 1. The van der Waals surface area contributed by atoms with E-state index in [1.807, 2.05) is 0 Å². The maximum atomic E-state index is 11.2. The maximum Gasteiger partial charge on any atom is 0.339 e. The molecule has 0 spiro atoms. The molecule has 1 aromatic rings. The molecule has 0 unspecified atom stereocenters. The van der Waals surface area contributed by atoms with Crippen molar-refractivity contribution in [2.24, 2.45) is 5.41 Å². The molecule has 0 aromatic carbocycles. The van der Waals surface area contributed by atoms with Gasteiger partial charge < -0.3 is 10.4 Å². The Labute approximate surface area is 102 Å². The van der Waals surface area contributed by atoms with Gasteiger partial charge in [0.15, 0.2) is 0 Å². The first-order valence-corrected chi connectivity index (χ1v) is 5.80. The predicted octanol–water partition coefficient (Wildman–Crippen LogP) is 2.94. The van der Waals surface area contributed by atoms with Gasteiger partial charge in [-0.2, -0.15) is 0 Å². The average Bonchev–Trinajstić information content (AvgIpc) is 2.26. The van der Waals surface area contributed by atoms with E-state index in [-0.39, 0.29) is 11.0 Å². The number of nitrogens with one attached hydrogen (secondary N) is 1. The van der Waals surface area contributed by atoms with Crippen LogP contribution in [0, 0.1) is 12.3 Å². The second-order valence-corrected chi connectivity index (χ2v) is 5.03. The molecule has 1 aromatic heterocycles. The minimum absolute atomic E-state index is 0.126. The molecule has 0 atom stereocenters. The van der Waals surface area contributed by atoms with Crippen LogP contribution in [0.15, 0.2) is 12.3 Å². The zero-order valence-corrected chi connectivity index (χ0v) is 10.9.